The van der Waals surface area contributed by atoms with Crippen molar-refractivity contribution in [2.24, 2.45) is 20.5 Å². The molecule has 0 bridgehead atoms. The van der Waals surface area contributed by atoms with E-state index < -0.39 is 112 Å². The first-order valence-corrected chi connectivity index (χ1v) is 27.2. The zero-order chi connectivity index (χ0) is 52.4. The molecule has 1 heterocycles. The number of hydrogen-bond acceptors (Lipinski definition) is 34. The van der Waals surface area contributed by atoms with E-state index in [2.05, 4.69) is 69.0 Å². The molecule has 0 radical (unpaired) electrons. The summed E-state index contributed by atoms with van der Waals surface area (Å²) < 4.78 is 174. The molecular weight excluding hydrogens is 1240 g/mol. The first kappa shape index (κ1) is 75.6. The fourth-order valence-electron chi connectivity index (χ4n) is 5.21. The van der Waals surface area contributed by atoms with Gasteiger partial charge in [-0.2, -0.15) is 19.3 Å². The van der Waals surface area contributed by atoms with Gasteiger partial charge in [0.15, 0.2) is 32.0 Å². The smallest absolute Gasteiger partial charge is 0.744 e. The van der Waals surface area contributed by atoms with Crippen LogP contribution in [-0.4, -0.2) is 95.4 Å². The van der Waals surface area contributed by atoms with Crippen molar-refractivity contribution in [2.75, 3.05) is 46.8 Å². The Labute approximate surface area is 555 Å². The summed E-state index contributed by atoms with van der Waals surface area (Å²) in [6.07, 6.45) is 0. The summed E-state index contributed by atoms with van der Waals surface area (Å²) in [7, 11) is -25.0. The van der Waals surface area contributed by atoms with E-state index in [1.54, 1.807) is 0 Å². The van der Waals surface area contributed by atoms with Crippen LogP contribution in [0.25, 0.3) is 0 Å². The van der Waals surface area contributed by atoms with Gasteiger partial charge in [0.1, 0.15) is 43.0 Å². The predicted octanol–water partition coefficient (Wildman–Crippen LogP) is -13.1. The summed E-state index contributed by atoms with van der Waals surface area (Å²) in [5.41, 5.74) is 8.21. The SMILES string of the molecule is Nc1c(N=Nc2ccc(S(=O)(=O)CCOS(=O)(=O)[O-])cc2S(=O)(=O)[O-])cc(S(=O)(=O)[O-])c(N)c1N=Nc1cc(Nc2nc(Cl)nc(Nc3cccc(S(=O)(=O)CCOSOO[O-])c3)n2)ccc1SOO[O-].[Na+].[Na+].[Na+].[Na+].[Na+]. The maximum atomic E-state index is 12.8. The number of nitrogens with two attached hydrogens (primary N) is 2. The van der Waals surface area contributed by atoms with Gasteiger partial charge in [-0.25, -0.2) is 42.1 Å². The van der Waals surface area contributed by atoms with Crippen molar-refractivity contribution in [3.05, 3.63) is 72.0 Å². The Bertz CT molecular complexity index is 3460. The van der Waals surface area contributed by atoms with Crippen LogP contribution < -0.4 is 180 Å². The van der Waals surface area contributed by atoms with Crippen molar-refractivity contribution >= 4 is 144 Å². The van der Waals surface area contributed by atoms with E-state index in [1.165, 1.54) is 42.5 Å². The molecule has 0 aliphatic rings. The summed E-state index contributed by atoms with van der Waals surface area (Å²) in [5.74, 6) is -2.12. The van der Waals surface area contributed by atoms with Crippen LogP contribution >= 0.6 is 36.0 Å². The number of nitrogens with one attached hydrogen (secondary N) is 2. The van der Waals surface area contributed by atoms with Crippen LogP contribution in [0.1, 0.15) is 0 Å². The Balaban J connectivity index is 0.0000112. The molecule has 0 unspecified atom stereocenters. The van der Waals surface area contributed by atoms with Crippen molar-refractivity contribution in [1.29, 1.82) is 0 Å². The molecule has 1 aromatic heterocycles. The number of nitrogen functional groups attached to an aromatic ring is 2. The van der Waals surface area contributed by atoms with Crippen LogP contribution in [0, 0.1) is 0 Å². The molecule has 0 aliphatic heterocycles. The topological polar surface area (TPSA) is 506 Å². The van der Waals surface area contributed by atoms with Gasteiger partial charge in [0.05, 0.1) is 72.6 Å². The largest absolute Gasteiger partial charge is 1.00 e. The second-order valence-corrected chi connectivity index (χ2v) is 22.4. The van der Waals surface area contributed by atoms with Crippen LogP contribution in [0.2, 0.25) is 5.28 Å². The Morgan fingerprint density at radius 2 is 1.14 bits per heavy atom. The maximum absolute atomic E-state index is 12.8. The summed E-state index contributed by atoms with van der Waals surface area (Å²) in [6, 6.07) is 11.4. The molecule has 5 aromatic rings. The third-order valence-corrected chi connectivity index (χ3v) is 15.0. The standard InChI is InChI=1S/C31H30ClN11O21S7.5Na/c32-29-37-30(35-16-2-1-3-18(12-16)67(46,47)10-8-59-66-64-62-45)39-31(38-29)36-17-4-7-23(65-63-61-44)21(13-17)41-43-28-26(33)22(15-25(27(28)34)70(53,54)55)42-40-20-6-5-19(14-24(20)69(50,51)52)68(48,49)11-9-60-71(56,57)58;;;;;/h1-7,12-15,44-45H,8-11,33-34H2,(H,50,51,52)(H,53,54,55)(H,56,57,58)(H2,35,36,37,38,39);;;;;/q;5*+1/p-5. The zero-order valence-electron chi connectivity index (χ0n) is 39.3. The molecule has 6 N–H and O–H groups in total. The minimum Gasteiger partial charge on any atom is -0.744 e. The van der Waals surface area contributed by atoms with Crippen LogP contribution in [0.15, 0.2) is 112 Å². The third kappa shape index (κ3) is 23.1. The molecule has 0 saturated carbocycles. The fourth-order valence-corrected chi connectivity index (χ4v) is 10.1. The van der Waals surface area contributed by atoms with Gasteiger partial charge in [0, 0.05) is 11.4 Å². The third-order valence-electron chi connectivity index (χ3n) is 8.21. The molecule has 0 saturated heterocycles. The van der Waals surface area contributed by atoms with Crippen molar-refractivity contribution in [3.63, 3.8) is 0 Å². The predicted molar refractivity (Wildman–Crippen MR) is 234 cm³/mol. The van der Waals surface area contributed by atoms with E-state index in [-0.39, 0.29) is 223 Å². The van der Waals surface area contributed by atoms with E-state index in [0.29, 0.717) is 24.3 Å². The molecule has 5 rings (SSSR count). The van der Waals surface area contributed by atoms with Crippen LogP contribution in [0.5, 0.6) is 0 Å². The molecule has 4 aromatic carbocycles. The van der Waals surface area contributed by atoms with E-state index in [0.717, 1.165) is 0 Å². The van der Waals surface area contributed by atoms with Gasteiger partial charge in [-0.3, -0.25) is 18.4 Å². The number of nitrogens with zero attached hydrogens (tertiary/aromatic N) is 7. The number of rotatable bonds is 25. The minimum absolute atomic E-state index is 0. The summed E-state index contributed by atoms with van der Waals surface area (Å²) in [4.78, 5) is 8.56. The number of aromatic nitrogens is 3. The Morgan fingerprint density at radius 3 is 1.72 bits per heavy atom. The molecule has 384 valence electrons. The van der Waals surface area contributed by atoms with Crippen molar-refractivity contribution in [1.82, 2.24) is 15.0 Å². The zero-order valence-corrected chi connectivity index (χ0v) is 55.7. The van der Waals surface area contributed by atoms with Gasteiger partial charge >= 0.3 is 148 Å². The first-order chi connectivity index (χ1) is 33.2. The average molecular weight is 1260 g/mol. The molecule has 0 atom stereocenters. The van der Waals surface area contributed by atoms with Gasteiger partial charge in [-0.1, -0.05) is 6.07 Å². The Kier molecular flexibility index (Phi) is 33.5. The first-order valence-electron chi connectivity index (χ1n) is 18.0. The molecule has 32 nitrogen and oxygen atoms in total. The summed E-state index contributed by atoms with van der Waals surface area (Å²) in [6.45, 7) is -1.55. The number of sulfone groups is 2. The fraction of sp³-hybridized carbons (Fsp3) is 0.129. The number of halogens is 1. The summed E-state index contributed by atoms with van der Waals surface area (Å²) >= 11 is 6.57. The van der Waals surface area contributed by atoms with Crippen molar-refractivity contribution in [2.45, 2.75) is 24.5 Å². The van der Waals surface area contributed by atoms with Gasteiger partial charge in [-0.15, -0.1) is 24.8 Å². The van der Waals surface area contributed by atoms with E-state index in [1.807, 2.05) is 0 Å². The Hall–Kier alpha value is -0.410. The maximum Gasteiger partial charge on any atom is 1.00 e. The number of azo groups is 2. The minimum atomic E-state index is -5.60. The van der Waals surface area contributed by atoms with Crippen LogP contribution in [0.3, 0.4) is 0 Å². The van der Waals surface area contributed by atoms with E-state index in [9.17, 15) is 66.3 Å². The molecule has 45 heteroatoms. The van der Waals surface area contributed by atoms with Crippen molar-refractivity contribution in [3.8, 4) is 0 Å². The van der Waals surface area contributed by atoms with E-state index >= 15 is 0 Å². The molecule has 76 heavy (non-hydrogen) atoms. The second-order valence-electron chi connectivity index (χ2n) is 12.8. The Morgan fingerprint density at radius 1 is 0.592 bits per heavy atom. The van der Waals surface area contributed by atoms with Crippen LogP contribution in [0.4, 0.5) is 57.4 Å². The second kappa shape index (κ2) is 33.6. The van der Waals surface area contributed by atoms with Gasteiger partial charge < -0.3 is 46.3 Å². The molecular formula is C31H25ClN11Na5O21S7. The van der Waals surface area contributed by atoms with Gasteiger partial charge in [0.2, 0.25) is 27.6 Å². The molecule has 0 aliphatic carbocycles. The van der Waals surface area contributed by atoms with Crippen molar-refractivity contribution < 1.29 is 241 Å². The number of benzene rings is 4. The van der Waals surface area contributed by atoms with Gasteiger partial charge in [-0.05, 0) is 72.3 Å². The number of hydrogen-bond donors (Lipinski definition) is 4. The monoisotopic (exact) mass is 1260 g/mol. The quantitative estimate of drug-likeness (QED) is 0.00485. The molecule has 0 fully saturated rings. The summed E-state index contributed by atoms with van der Waals surface area (Å²) in [5, 5.41) is 47.3. The van der Waals surface area contributed by atoms with E-state index in [4.69, 9.17) is 27.3 Å². The molecule has 0 spiro atoms. The van der Waals surface area contributed by atoms with Crippen LogP contribution in [-0.2, 0) is 77.4 Å². The molecule has 0 amide bonds. The van der Waals surface area contributed by atoms with Gasteiger partial charge in [0.25, 0.3) is 0 Å². The number of anilines is 6. The normalized spacial score (nSPS) is 11.9. The average Bonchev–Trinajstić information content (AvgIpc) is 3.27.